The minimum absolute atomic E-state index is 0.279. The molecule has 1 aliphatic rings. The molecule has 8 heteroatoms. The maximum atomic E-state index is 12.5. The highest BCUT2D eigenvalue weighted by atomic mass is 16.6. The van der Waals surface area contributed by atoms with Crippen LogP contribution in [0.25, 0.3) is 0 Å². The molecular weight excluding hydrogens is 340 g/mol. The summed E-state index contributed by atoms with van der Waals surface area (Å²) in [4.78, 5) is 23.3. The Labute approximate surface area is 149 Å². The largest absolute Gasteiger partial charge is 0.493 e. The number of carbonyl (C=O) groups excluding carboxylic acids is 2. The lowest BCUT2D eigenvalue weighted by atomic mass is 10.1. The molecule has 0 saturated carbocycles. The molecule has 136 valence electrons. The van der Waals surface area contributed by atoms with Gasteiger partial charge in [0.2, 0.25) is 0 Å². The number of primary amides is 1. The van der Waals surface area contributed by atoms with Crippen LogP contribution in [0.1, 0.15) is 10.4 Å². The van der Waals surface area contributed by atoms with Gasteiger partial charge in [-0.25, -0.2) is 0 Å². The van der Waals surface area contributed by atoms with E-state index in [0.717, 1.165) is 0 Å². The minimum Gasteiger partial charge on any atom is -0.493 e. The Balaban J connectivity index is 1.74. The van der Waals surface area contributed by atoms with Gasteiger partial charge in [0.05, 0.1) is 7.11 Å². The SMILES string of the molecule is COc1cc(C(=O)Nc2ccc3c(c2)OCCO3)ccc1OCC(N)=O. The number of methoxy groups -OCH3 is 1. The van der Waals surface area contributed by atoms with E-state index in [1.165, 1.54) is 13.2 Å². The van der Waals surface area contributed by atoms with Crippen LogP contribution >= 0.6 is 0 Å². The first-order valence-electron chi connectivity index (χ1n) is 7.87. The minimum atomic E-state index is -0.604. The number of anilines is 1. The lowest BCUT2D eigenvalue weighted by molar-refractivity contribution is -0.119. The third-order valence-electron chi connectivity index (χ3n) is 3.60. The smallest absolute Gasteiger partial charge is 0.255 e. The summed E-state index contributed by atoms with van der Waals surface area (Å²) < 4.78 is 21.4. The molecule has 0 saturated heterocycles. The van der Waals surface area contributed by atoms with Crippen molar-refractivity contribution >= 4 is 17.5 Å². The fraction of sp³-hybridized carbons (Fsp3) is 0.222. The molecule has 1 aliphatic heterocycles. The van der Waals surface area contributed by atoms with E-state index in [1.807, 2.05) is 0 Å². The summed E-state index contributed by atoms with van der Waals surface area (Å²) in [5, 5.41) is 2.78. The van der Waals surface area contributed by atoms with E-state index >= 15 is 0 Å². The number of fused-ring (bicyclic) bond motifs is 1. The van der Waals surface area contributed by atoms with Gasteiger partial charge in [-0.15, -0.1) is 0 Å². The maximum Gasteiger partial charge on any atom is 0.255 e. The molecule has 3 rings (SSSR count). The van der Waals surface area contributed by atoms with Crippen LogP contribution in [-0.4, -0.2) is 38.7 Å². The van der Waals surface area contributed by atoms with Crippen LogP contribution in [0.2, 0.25) is 0 Å². The lowest BCUT2D eigenvalue weighted by Gasteiger charge is -2.19. The van der Waals surface area contributed by atoms with Gasteiger partial charge in [0, 0.05) is 17.3 Å². The normalized spacial score (nSPS) is 12.2. The van der Waals surface area contributed by atoms with E-state index in [0.29, 0.717) is 47.5 Å². The Kier molecular flexibility index (Phi) is 5.12. The van der Waals surface area contributed by atoms with Gasteiger partial charge in [-0.1, -0.05) is 0 Å². The number of rotatable bonds is 6. The lowest BCUT2D eigenvalue weighted by Crippen LogP contribution is -2.20. The molecule has 0 unspecified atom stereocenters. The first kappa shape index (κ1) is 17.4. The zero-order valence-corrected chi connectivity index (χ0v) is 14.1. The molecule has 0 spiro atoms. The molecule has 3 N–H and O–H groups in total. The first-order valence-corrected chi connectivity index (χ1v) is 7.87. The average Bonchev–Trinajstić information content (AvgIpc) is 2.66. The molecule has 2 aromatic rings. The van der Waals surface area contributed by atoms with E-state index in [1.54, 1.807) is 30.3 Å². The zero-order chi connectivity index (χ0) is 18.5. The highest BCUT2D eigenvalue weighted by Gasteiger charge is 2.15. The van der Waals surface area contributed by atoms with Gasteiger partial charge in [-0.3, -0.25) is 9.59 Å². The van der Waals surface area contributed by atoms with Crippen molar-refractivity contribution in [3.05, 3.63) is 42.0 Å². The third-order valence-corrected chi connectivity index (χ3v) is 3.60. The maximum absolute atomic E-state index is 12.5. The van der Waals surface area contributed by atoms with Gasteiger partial charge in [0.1, 0.15) is 13.2 Å². The van der Waals surface area contributed by atoms with Crippen molar-refractivity contribution < 1.29 is 28.5 Å². The summed E-state index contributed by atoms with van der Waals surface area (Å²) in [5.41, 5.74) is 6.00. The van der Waals surface area contributed by atoms with Crippen molar-refractivity contribution in [2.75, 3.05) is 32.2 Å². The van der Waals surface area contributed by atoms with E-state index < -0.39 is 5.91 Å². The van der Waals surface area contributed by atoms with Gasteiger partial charge in [0.15, 0.2) is 29.6 Å². The highest BCUT2D eigenvalue weighted by molar-refractivity contribution is 6.04. The molecule has 0 radical (unpaired) electrons. The Morgan fingerprint density at radius 1 is 1.08 bits per heavy atom. The molecule has 2 amide bonds. The summed E-state index contributed by atoms with van der Waals surface area (Å²) >= 11 is 0. The predicted molar refractivity (Wildman–Crippen MR) is 93.1 cm³/mol. The Morgan fingerprint density at radius 3 is 2.58 bits per heavy atom. The number of nitrogens with one attached hydrogen (secondary N) is 1. The van der Waals surface area contributed by atoms with Crippen molar-refractivity contribution in [1.82, 2.24) is 0 Å². The fourth-order valence-corrected chi connectivity index (χ4v) is 2.40. The average molecular weight is 358 g/mol. The monoisotopic (exact) mass is 358 g/mol. The van der Waals surface area contributed by atoms with Crippen molar-refractivity contribution in [2.24, 2.45) is 5.73 Å². The van der Waals surface area contributed by atoms with Gasteiger partial charge >= 0.3 is 0 Å². The molecule has 0 aliphatic carbocycles. The summed E-state index contributed by atoms with van der Waals surface area (Å²) in [6.45, 7) is 0.691. The Hall–Kier alpha value is -3.42. The molecule has 0 fully saturated rings. The third kappa shape index (κ3) is 3.97. The van der Waals surface area contributed by atoms with E-state index in [-0.39, 0.29) is 12.5 Å². The molecule has 0 bridgehead atoms. The molecule has 8 nitrogen and oxygen atoms in total. The summed E-state index contributed by atoms with van der Waals surface area (Å²) in [5.74, 6) is 0.936. The van der Waals surface area contributed by atoms with Crippen molar-refractivity contribution in [2.45, 2.75) is 0 Å². The second-order valence-electron chi connectivity index (χ2n) is 5.43. The van der Waals surface area contributed by atoms with Gasteiger partial charge in [-0.2, -0.15) is 0 Å². The number of hydrogen-bond donors (Lipinski definition) is 2. The molecule has 2 aromatic carbocycles. The van der Waals surface area contributed by atoms with Crippen molar-refractivity contribution in [3.8, 4) is 23.0 Å². The number of benzene rings is 2. The van der Waals surface area contributed by atoms with Crippen LogP contribution < -0.4 is 30.0 Å². The van der Waals surface area contributed by atoms with E-state index in [9.17, 15) is 9.59 Å². The summed E-state index contributed by atoms with van der Waals surface area (Å²) in [6.07, 6.45) is 0. The number of ether oxygens (including phenoxy) is 4. The number of carbonyl (C=O) groups is 2. The number of hydrogen-bond acceptors (Lipinski definition) is 6. The fourth-order valence-electron chi connectivity index (χ4n) is 2.40. The predicted octanol–water partition coefficient (Wildman–Crippen LogP) is 1.58. The summed E-state index contributed by atoms with van der Waals surface area (Å²) in [7, 11) is 1.44. The van der Waals surface area contributed by atoms with Crippen LogP contribution in [0.3, 0.4) is 0 Å². The van der Waals surface area contributed by atoms with Crippen LogP contribution in [0.4, 0.5) is 5.69 Å². The van der Waals surface area contributed by atoms with E-state index in [2.05, 4.69) is 5.32 Å². The van der Waals surface area contributed by atoms with E-state index in [4.69, 9.17) is 24.7 Å². The summed E-state index contributed by atoms with van der Waals surface area (Å²) in [6, 6.07) is 9.79. The Morgan fingerprint density at radius 2 is 1.85 bits per heavy atom. The van der Waals surface area contributed by atoms with Crippen LogP contribution in [0.15, 0.2) is 36.4 Å². The van der Waals surface area contributed by atoms with Crippen LogP contribution in [0.5, 0.6) is 23.0 Å². The first-order chi connectivity index (χ1) is 12.6. The molecular formula is C18H18N2O6. The number of amides is 2. The van der Waals surface area contributed by atoms with Gasteiger partial charge in [-0.05, 0) is 30.3 Å². The Bertz CT molecular complexity index is 836. The van der Waals surface area contributed by atoms with Crippen LogP contribution in [-0.2, 0) is 4.79 Å². The zero-order valence-electron chi connectivity index (χ0n) is 14.1. The molecule has 26 heavy (non-hydrogen) atoms. The molecule has 0 aromatic heterocycles. The second-order valence-corrected chi connectivity index (χ2v) is 5.43. The van der Waals surface area contributed by atoms with Crippen molar-refractivity contribution in [3.63, 3.8) is 0 Å². The standard InChI is InChI=1S/C18H18N2O6/c1-23-15-8-11(2-4-13(15)26-10-17(19)21)18(22)20-12-3-5-14-16(9-12)25-7-6-24-14/h2-5,8-9H,6-7,10H2,1H3,(H2,19,21)(H,20,22). The molecule has 0 atom stereocenters. The van der Waals surface area contributed by atoms with Crippen LogP contribution in [0, 0.1) is 0 Å². The second kappa shape index (κ2) is 7.64. The quantitative estimate of drug-likeness (QED) is 0.811. The molecule has 1 heterocycles. The topological polar surface area (TPSA) is 109 Å². The van der Waals surface area contributed by atoms with Gasteiger partial charge in [0.25, 0.3) is 11.8 Å². The van der Waals surface area contributed by atoms with Crippen molar-refractivity contribution in [1.29, 1.82) is 0 Å². The highest BCUT2D eigenvalue weighted by Crippen LogP contribution is 2.33. The number of nitrogens with two attached hydrogens (primary N) is 1. The van der Waals surface area contributed by atoms with Gasteiger partial charge < -0.3 is 30.0 Å².